The maximum absolute atomic E-state index is 9.91. The zero-order valence-electron chi connectivity index (χ0n) is 13.0. The summed E-state index contributed by atoms with van der Waals surface area (Å²) >= 11 is 0. The summed E-state index contributed by atoms with van der Waals surface area (Å²) in [7, 11) is 1.24. The van der Waals surface area contributed by atoms with Crippen molar-refractivity contribution in [2.45, 2.75) is 61.4 Å². The maximum atomic E-state index is 9.91. The van der Waals surface area contributed by atoms with E-state index in [4.69, 9.17) is 24.1 Å². The number of methoxy groups -OCH3 is 1. The molecule has 142 valence electrons. The van der Waals surface area contributed by atoms with Gasteiger partial charge >= 0.3 is 0 Å². The van der Waals surface area contributed by atoms with Gasteiger partial charge in [0.15, 0.2) is 12.6 Å². The van der Waals surface area contributed by atoms with Crippen molar-refractivity contribution in [1.82, 2.24) is 0 Å². The molecule has 0 bridgehead atoms. The van der Waals surface area contributed by atoms with Crippen LogP contribution in [-0.4, -0.2) is 117 Å². The average Bonchev–Trinajstić information content (AvgIpc) is 2.58. The Morgan fingerprint density at radius 1 is 0.708 bits per heavy atom. The predicted molar refractivity (Wildman–Crippen MR) is 73.4 cm³/mol. The van der Waals surface area contributed by atoms with Crippen LogP contribution >= 0.6 is 0 Å². The molecule has 0 saturated carbocycles. The molecular weight excluding hydrogens is 332 g/mol. The molecule has 0 radical (unpaired) electrons. The molecule has 0 amide bonds. The Hall–Kier alpha value is -0.440. The molecule has 11 heteroatoms. The Balaban J connectivity index is 1.96. The van der Waals surface area contributed by atoms with E-state index in [-0.39, 0.29) is 6.61 Å². The van der Waals surface area contributed by atoms with Gasteiger partial charge < -0.3 is 54.7 Å². The number of ether oxygens (including phenoxy) is 4. The summed E-state index contributed by atoms with van der Waals surface area (Å²) in [5.41, 5.74) is 0. The van der Waals surface area contributed by atoms with Gasteiger partial charge in [-0.2, -0.15) is 0 Å². The number of aliphatic hydroxyl groups is 7. The van der Waals surface area contributed by atoms with E-state index in [1.807, 2.05) is 0 Å². The van der Waals surface area contributed by atoms with Crippen LogP contribution in [0.15, 0.2) is 0 Å². The first-order valence-electron chi connectivity index (χ1n) is 7.46. The van der Waals surface area contributed by atoms with E-state index < -0.39 is 68.0 Å². The minimum Gasteiger partial charge on any atom is -0.394 e. The van der Waals surface area contributed by atoms with E-state index in [9.17, 15) is 30.6 Å². The van der Waals surface area contributed by atoms with Crippen LogP contribution < -0.4 is 0 Å². The molecule has 0 unspecified atom stereocenters. The molecule has 24 heavy (non-hydrogen) atoms. The Labute approximate surface area is 137 Å². The minimum atomic E-state index is -1.60. The van der Waals surface area contributed by atoms with E-state index >= 15 is 0 Å². The largest absolute Gasteiger partial charge is 0.394 e. The zero-order valence-corrected chi connectivity index (χ0v) is 13.0. The zero-order chi connectivity index (χ0) is 18.0. The van der Waals surface area contributed by atoms with Gasteiger partial charge in [0.1, 0.15) is 48.8 Å². The highest BCUT2D eigenvalue weighted by molar-refractivity contribution is 4.91. The summed E-state index contributed by atoms with van der Waals surface area (Å²) < 4.78 is 20.5. The highest BCUT2D eigenvalue weighted by Crippen LogP contribution is 2.25. The summed E-state index contributed by atoms with van der Waals surface area (Å²) in [6.45, 7) is -0.989. The molecule has 2 heterocycles. The Kier molecular flexibility index (Phi) is 6.87. The van der Waals surface area contributed by atoms with Gasteiger partial charge in [0.05, 0.1) is 13.2 Å². The van der Waals surface area contributed by atoms with Crippen LogP contribution in [0.2, 0.25) is 0 Å². The van der Waals surface area contributed by atoms with Crippen molar-refractivity contribution in [3.63, 3.8) is 0 Å². The molecule has 0 spiro atoms. The van der Waals surface area contributed by atoms with E-state index in [1.165, 1.54) is 7.11 Å². The third kappa shape index (κ3) is 3.86. The molecule has 11 nitrogen and oxygen atoms in total. The first-order chi connectivity index (χ1) is 11.3. The lowest BCUT2D eigenvalue weighted by Crippen LogP contribution is -2.61. The van der Waals surface area contributed by atoms with Crippen molar-refractivity contribution in [3.05, 3.63) is 0 Å². The second-order valence-electron chi connectivity index (χ2n) is 5.78. The summed E-state index contributed by atoms with van der Waals surface area (Å²) in [4.78, 5) is 0. The number of hydrogen-bond acceptors (Lipinski definition) is 11. The number of rotatable bonds is 5. The van der Waals surface area contributed by atoms with Gasteiger partial charge in [-0.3, -0.25) is 0 Å². The molecule has 2 aliphatic rings. The molecule has 0 aromatic carbocycles. The van der Waals surface area contributed by atoms with Crippen LogP contribution in [-0.2, 0) is 18.9 Å². The van der Waals surface area contributed by atoms with Gasteiger partial charge in [0.25, 0.3) is 0 Å². The third-order valence-electron chi connectivity index (χ3n) is 4.17. The minimum absolute atomic E-state index is 0.381. The van der Waals surface area contributed by atoms with Gasteiger partial charge in [0.2, 0.25) is 0 Å². The van der Waals surface area contributed by atoms with Crippen LogP contribution in [0.1, 0.15) is 0 Å². The van der Waals surface area contributed by atoms with Gasteiger partial charge in [-0.25, -0.2) is 0 Å². The van der Waals surface area contributed by atoms with E-state index in [0.29, 0.717) is 0 Å². The lowest BCUT2D eigenvalue weighted by atomic mass is 9.98. The standard InChI is InChI=1S/C13H24O11/c1-21-12-10(19)9(18)7(16)5(24-12)3-22-13-11(20)8(17)6(15)4(2-14)23-13/h4-20H,2-3H2,1H3/t4-,5-,6-,7-,8+,9-,10-,11-,12+,13+/m1/s1. The Morgan fingerprint density at radius 3 is 1.75 bits per heavy atom. The highest BCUT2D eigenvalue weighted by Gasteiger charge is 2.47. The molecule has 2 fully saturated rings. The highest BCUT2D eigenvalue weighted by atomic mass is 16.7. The second kappa shape index (κ2) is 8.29. The number of aliphatic hydroxyl groups excluding tert-OH is 7. The normalized spacial score (nSPS) is 50.0. The summed E-state index contributed by atoms with van der Waals surface area (Å²) in [5, 5.41) is 67.6. The smallest absolute Gasteiger partial charge is 0.186 e. The molecule has 2 rings (SSSR count). The first-order valence-corrected chi connectivity index (χ1v) is 7.46. The topological polar surface area (TPSA) is 179 Å². The molecule has 7 N–H and O–H groups in total. The fourth-order valence-electron chi connectivity index (χ4n) is 2.64. The van der Waals surface area contributed by atoms with Crippen LogP contribution in [0, 0.1) is 0 Å². The lowest BCUT2D eigenvalue weighted by molar-refractivity contribution is -0.328. The van der Waals surface area contributed by atoms with Crippen molar-refractivity contribution in [3.8, 4) is 0 Å². The molecule has 2 saturated heterocycles. The SMILES string of the molecule is CO[C@H]1O[C@H](CO[C@H]2O[C@H](CO)[C@@H](O)[C@H](O)[C@H]2O)[C@@H](O)[C@@H](O)[C@H]1O. The maximum Gasteiger partial charge on any atom is 0.186 e. The van der Waals surface area contributed by atoms with Crippen LogP contribution in [0.25, 0.3) is 0 Å². The second-order valence-corrected chi connectivity index (χ2v) is 5.78. The van der Waals surface area contributed by atoms with Crippen molar-refractivity contribution in [2.75, 3.05) is 20.3 Å². The van der Waals surface area contributed by atoms with E-state index in [1.54, 1.807) is 0 Å². The molecule has 0 aromatic rings. The van der Waals surface area contributed by atoms with Crippen molar-refractivity contribution >= 4 is 0 Å². The Bertz CT molecular complexity index is 356. The van der Waals surface area contributed by atoms with Crippen LogP contribution in [0.4, 0.5) is 0 Å². The molecular formula is C13H24O11. The monoisotopic (exact) mass is 356 g/mol. The molecule has 0 aliphatic carbocycles. The van der Waals surface area contributed by atoms with Crippen LogP contribution in [0.5, 0.6) is 0 Å². The summed E-state index contributed by atoms with van der Waals surface area (Å²) in [6.07, 6.45) is -14.0. The van der Waals surface area contributed by atoms with Crippen molar-refractivity contribution < 1.29 is 54.7 Å². The number of hydrogen-bond donors (Lipinski definition) is 7. The molecule has 2 aliphatic heterocycles. The fraction of sp³-hybridized carbons (Fsp3) is 1.00. The van der Waals surface area contributed by atoms with E-state index in [2.05, 4.69) is 0 Å². The van der Waals surface area contributed by atoms with Gasteiger partial charge in [-0.15, -0.1) is 0 Å². The lowest BCUT2D eigenvalue weighted by Gasteiger charge is -2.42. The predicted octanol–water partition coefficient (Wildman–Crippen LogP) is -4.74. The van der Waals surface area contributed by atoms with Gasteiger partial charge in [-0.1, -0.05) is 0 Å². The third-order valence-corrected chi connectivity index (χ3v) is 4.17. The summed E-state index contributed by atoms with van der Waals surface area (Å²) in [5.74, 6) is 0. The van der Waals surface area contributed by atoms with Gasteiger partial charge in [0, 0.05) is 7.11 Å². The van der Waals surface area contributed by atoms with E-state index in [0.717, 1.165) is 0 Å². The molecule has 10 atom stereocenters. The first kappa shape index (κ1) is 19.9. The fourth-order valence-corrected chi connectivity index (χ4v) is 2.64. The summed E-state index contributed by atoms with van der Waals surface area (Å²) in [6, 6.07) is 0. The Morgan fingerprint density at radius 2 is 1.21 bits per heavy atom. The average molecular weight is 356 g/mol. The van der Waals surface area contributed by atoms with Crippen molar-refractivity contribution in [2.24, 2.45) is 0 Å². The van der Waals surface area contributed by atoms with Gasteiger partial charge in [-0.05, 0) is 0 Å². The molecule has 0 aromatic heterocycles. The van der Waals surface area contributed by atoms with Crippen LogP contribution in [0.3, 0.4) is 0 Å². The van der Waals surface area contributed by atoms with Crippen molar-refractivity contribution in [1.29, 1.82) is 0 Å². The quantitative estimate of drug-likeness (QED) is 0.251.